The minimum atomic E-state index is -0.934. The highest BCUT2D eigenvalue weighted by Crippen LogP contribution is 2.32. The number of carboxylic acid groups (broad SMARTS) is 1. The first kappa shape index (κ1) is 20.0. The third-order valence-electron chi connectivity index (χ3n) is 3.90. The van der Waals surface area contributed by atoms with Crippen LogP contribution in [0.15, 0.2) is 18.2 Å². The van der Waals surface area contributed by atoms with Crippen molar-refractivity contribution < 1.29 is 19.7 Å². The average Bonchev–Trinajstić information content (AvgIpc) is 2.57. The van der Waals surface area contributed by atoms with E-state index in [1.54, 1.807) is 6.07 Å². The second-order valence-corrected chi connectivity index (χ2v) is 6.12. The Hall–Kier alpha value is -1.01. The lowest BCUT2D eigenvalue weighted by molar-refractivity contribution is -0.145. The summed E-state index contributed by atoms with van der Waals surface area (Å²) in [7, 11) is 2.98. The fraction of sp³-hybridized carbons (Fsp3) is 0.562. The molecule has 0 heterocycles. The highest BCUT2D eigenvalue weighted by molar-refractivity contribution is 6.42. The molecule has 5 nitrogen and oxygen atoms in total. The van der Waals surface area contributed by atoms with Crippen LogP contribution < -0.4 is 4.90 Å². The number of carboxylic acids is 1. The van der Waals surface area contributed by atoms with Crippen LogP contribution in [-0.2, 0) is 9.53 Å². The van der Waals surface area contributed by atoms with Gasteiger partial charge in [-0.25, -0.2) is 4.79 Å². The highest BCUT2D eigenvalue weighted by Gasteiger charge is 2.30. The largest absolute Gasteiger partial charge is 0.480 e. The molecule has 1 aromatic rings. The Labute approximate surface area is 146 Å². The molecule has 7 heteroatoms. The fourth-order valence-corrected chi connectivity index (χ4v) is 3.08. The van der Waals surface area contributed by atoms with Crippen molar-refractivity contribution in [1.82, 2.24) is 0 Å². The predicted octanol–water partition coefficient (Wildman–Crippen LogP) is 3.45. The number of hydrogen-bond acceptors (Lipinski definition) is 4. The molecule has 130 valence electrons. The zero-order chi connectivity index (χ0) is 17.4. The van der Waals surface area contributed by atoms with Gasteiger partial charge < -0.3 is 19.8 Å². The third-order valence-corrected chi connectivity index (χ3v) is 4.64. The molecule has 1 aliphatic rings. The SMILES string of the molecule is CN(c1ccc(Cl)c(Cl)c1)C1CCCCC1OCC(=O)O.CO. The Morgan fingerprint density at radius 1 is 1.26 bits per heavy atom. The second kappa shape index (κ2) is 9.98. The number of hydrogen-bond donors (Lipinski definition) is 2. The first-order valence-electron chi connectivity index (χ1n) is 7.45. The van der Waals surface area contributed by atoms with Crippen LogP contribution in [-0.4, -0.2) is 49.1 Å². The number of aliphatic hydroxyl groups excluding tert-OH is 1. The Balaban J connectivity index is 0.00000127. The number of nitrogens with zero attached hydrogens (tertiary/aromatic N) is 1. The summed E-state index contributed by atoms with van der Waals surface area (Å²) >= 11 is 12.0. The molecule has 2 unspecified atom stereocenters. The van der Waals surface area contributed by atoms with Crippen molar-refractivity contribution in [2.45, 2.75) is 37.8 Å². The Morgan fingerprint density at radius 2 is 1.91 bits per heavy atom. The van der Waals surface area contributed by atoms with Gasteiger partial charge in [0.2, 0.25) is 0 Å². The van der Waals surface area contributed by atoms with Crippen LogP contribution in [0.1, 0.15) is 25.7 Å². The van der Waals surface area contributed by atoms with E-state index >= 15 is 0 Å². The Bertz CT molecular complexity index is 513. The summed E-state index contributed by atoms with van der Waals surface area (Å²) in [4.78, 5) is 12.8. The maximum atomic E-state index is 10.7. The lowest BCUT2D eigenvalue weighted by Crippen LogP contribution is -2.45. The summed E-state index contributed by atoms with van der Waals surface area (Å²) in [5.41, 5.74) is 0.959. The van der Waals surface area contributed by atoms with E-state index in [-0.39, 0.29) is 18.8 Å². The predicted molar refractivity (Wildman–Crippen MR) is 92.6 cm³/mol. The number of aliphatic hydroxyl groups is 1. The molecule has 1 fully saturated rings. The van der Waals surface area contributed by atoms with Gasteiger partial charge in [-0.1, -0.05) is 36.0 Å². The molecule has 0 bridgehead atoms. The average molecular weight is 364 g/mol. The Morgan fingerprint density at radius 3 is 2.52 bits per heavy atom. The summed E-state index contributed by atoms with van der Waals surface area (Å²) in [6, 6.07) is 5.66. The smallest absolute Gasteiger partial charge is 0.329 e. The van der Waals surface area contributed by atoms with Crippen LogP contribution in [0.5, 0.6) is 0 Å². The summed E-state index contributed by atoms with van der Waals surface area (Å²) in [5.74, 6) is -0.934. The van der Waals surface area contributed by atoms with Gasteiger partial charge in [0.15, 0.2) is 0 Å². The van der Waals surface area contributed by atoms with E-state index in [2.05, 4.69) is 4.90 Å². The summed E-state index contributed by atoms with van der Waals surface area (Å²) in [6.45, 7) is -0.254. The normalized spacial score (nSPS) is 20.4. The number of halogens is 2. The van der Waals surface area contributed by atoms with Gasteiger partial charge in [0, 0.05) is 19.8 Å². The van der Waals surface area contributed by atoms with Crippen molar-refractivity contribution in [3.05, 3.63) is 28.2 Å². The molecule has 2 atom stereocenters. The standard InChI is InChI=1S/C15H19Cl2NO3.CH4O/c1-18(10-6-7-11(16)12(17)8-10)13-4-2-3-5-14(13)21-9-15(19)20;1-2/h6-8,13-14H,2-5,9H2,1H3,(H,19,20);2H,1H3. The van der Waals surface area contributed by atoms with Gasteiger partial charge in [0.05, 0.1) is 22.2 Å². The number of benzene rings is 1. The van der Waals surface area contributed by atoms with Gasteiger partial charge in [-0.15, -0.1) is 0 Å². The topological polar surface area (TPSA) is 70.0 Å². The van der Waals surface area contributed by atoms with E-state index in [0.717, 1.165) is 38.5 Å². The first-order chi connectivity index (χ1) is 11.0. The van der Waals surface area contributed by atoms with E-state index < -0.39 is 5.97 Å². The van der Waals surface area contributed by atoms with Crippen molar-refractivity contribution in [1.29, 1.82) is 0 Å². The maximum Gasteiger partial charge on any atom is 0.329 e. The molecule has 1 aromatic carbocycles. The zero-order valence-electron chi connectivity index (χ0n) is 13.3. The van der Waals surface area contributed by atoms with E-state index in [4.69, 9.17) is 38.2 Å². The van der Waals surface area contributed by atoms with Crippen LogP contribution in [0.25, 0.3) is 0 Å². The molecule has 0 saturated heterocycles. The molecular formula is C16H23Cl2NO4. The molecule has 2 rings (SSSR count). The van der Waals surface area contributed by atoms with Crippen LogP contribution in [0.4, 0.5) is 5.69 Å². The highest BCUT2D eigenvalue weighted by atomic mass is 35.5. The van der Waals surface area contributed by atoms with Crippen LogP contribution in [0.2, 0.25) is 10.0 Å². The van der Waals surface area contributed by atoms with Gasteiger partial charge >= 0.3 is 5.97 Å². The van der Waals surface area contributed by atoms with Gasteiger partial charge in [0.25, 0.3) is 0 Å². The number of anilines is 1. The van der Waals surface area contributed by atoms with Gasteiger partial charge in [-0.05, 0) is 31.0 Å². The van der Waals surface area contributed by atoms with E-state index in [1.807, 2.05) is 19.2 Å². The summed E-state index contributed by atoms with van der Waals surface area (Å²) in [6.07, 6.45) is 3.96. The third kappa shape index (κ3) is 5.84. The van der Waals surface area contributed by atoms with E-state index in [1.165, 1.54) is 0 Å². The lowest BCUT2D eigenvalue weighted by atomic mass is 9.91. The monoisotopic (exact) mass is 363 g/mol. The molecular weight excluding hydrogens is 341 g/mol. The zero-order valence-corrected chi connectivity index (χ0v) is 14.8. The van der Waals surface area contributed by atoms with Crippen LogP contribution >= 0.6 is 23.2 Å². The summed E-state index contributed by atoms with van der Waals surface area (Å²) in [5, 5.41) is 16.8. The molecule has 0 aromatic heterocycles. The van der Waals surface area contributed by atoms with Crippen molar-refractivity contribution in [3.8, 4) is 0 Å². The molecule has 1 saturated carbocycles. The number of rotatable bonds is 5. The first-order valence-corrected chi connectivity index (χ1v) is 8.20. The fourth-order valence-electron chi connectivity index (χ4n) is 2.79. The summed E-state index contributed by atoms with van der Waals surface area (Å²) < 4.78 is 5.55. The van der Waals surface area contributed by atoms with E-state index in [9.17, 15) is 4.79 Å². The van der Waals surface area contributed by atoms with Crippen LogP contribution in [0, 0.1) is 0 Å². The molecule has 1 aliphatic carbocycles. The minimum Gasteiger partial charge on any atom is -0.480 e. The molecule has 0 radical (unpaired) electrons. The van der Waals surface area contributed by atoms with Gasteiger partial charge in [-0.3, -0.25) is 0 Å². The van der Waals surface area contributed by atoms with Gasteiger partial charge in [0.1, 0.15) is 6.61 Å². The molecule has 0 amide bonds. The number of carbonyl (C=O) groups is 1. The van der Waals surface area contributed by atoms with Crippen LogP contribution in [0.3, 0.4) is 0 Å². The molecule has 0 spiro atoms. The quantitative estimate of drug-likeness (QED) is 0.838. The lowest BCUT2D eigenvalue weighted by Gasteiger charge is -2.38. The Kier molecular flexibility index (Phi) is 8.69. The number of ether oxygens (including phenoxy) is 1. The number of likely N-dealkylation sites (N-methyl/N-ethyl adjacent to an activating group) is 1. The maximum absolute atomic E-state index is 10.7. The van der Waals surface area contributed by atoms with Crippen molar-refractivity contribution in [3.63, 3.8) is 0 Å². The molecule has 0 aliphatic heterocycles. The number of aliphatic carboxylic acids is 1. The minimum absolute atomic E-state index is 0.0747. The molecule has 2 N–H and O–H groups in total. The molecule has 23 heavy (non-hydrogen) atoms. The van der Waals surface area contributed by atoms with Crippen molar-refractivity contribution in [2.24, 2.45) is 0 Å². The van der Waals surface area contributed by atoms with Crippen molar-refractivity contribution >= 4 is 34.9 Å². The van der Waals surface area contributed by atoms with Crippen molar-refractivity contribution in [2.75, 3.05) is 25.7 Å². The van der Waals surface area contributed by atoms with E-state index in [0.29, 0.717) is 10.0 Å². The van der Waals surface area contributed by atoms with Gasteiger partial charge in [-0.2, -0.15) is 0 Å². The second-order valence-electron chi connectivity index (χ2n) is 5.30.